The van der Waals surface area contributed by atoms with Gasteiger partial charge in [-0.3, -0.25) is 4.79 Å². The summed E-state index contributed by atoms with van der Waals surface area (Å²) in [5.41, 5.74) is 7.30. The van der Waals surface area contributed by atoms with E-state index in [0.717, 1.165) is 5.56 Å². The summed E-state index contributed by atoms with van der Waals surface area (Å²) in [4.78, 5) is 22.9. The van der Waals surface area contributed by atoms with Crippen LogP contribution < -0.4 is 5.73 Å². The third-order valence-electron chi connectivity index (χ3n) is 2.98. The fraction of sp³-hybridized carbons (Fsp3) is 0.286. The van der Waals surface area contributed by atoms with Gasteiger partial charge in [-0.05, 0) is 30.0 Å². The first-order valence-electron chi connectivity index (χ1n) is 6.18. The molecule has 0 aromatic carbocycles. The van der Waals surface area contributed by atoms with Crippen molar-refractivity contribution in [3.05, 3.63) is 33.7 Å². The quantitative estimate of drug-likeness (QED) is 0.823. The topological polar surface area (TPSA) is 103 Å². The average molecular weight is 309 g/mol. The van der Waals surface area contributed by atoms with Crippen LogP contribution in [0.3, 0.4) is 0 Å². The highest BCUT2D eigenvalue weighted by Crippen LogP contribution is 2.35. The summed E-state index contributed by atoms with van der Waals surface area (Å²) in [6.45, 7) is 1.86. The number of ether oxygens (including phenoxy) is 1. The molecule has 1 atom stereocenters. The van der Waals surface area contributed by atoms with Crippen LogP contribution in [0.5, 0.6) is 0 Å². The molecule has 0 saturated heterocycles. The summed E-state index contributed by atoms with van der Waals surface area (Å²) >= 11 is 1.27. The van der Waals surface area contributed by atoms with E-state index in [1.165, 1.54) is 18.4 Å². The molecule has 21 heavy (non-hydrogen) atoms. The van der Waals surface area contributed by atoms with Crippen LogP contribution in [0, 0.1) is 6.92 Å². The highest BCUT2D eigenvalue weighted by Gasteiger charge is 2.22. The van der Waals surface area contributed by atoms with Gasteiger partial charge in [-0.1, -0.05) is 0 Å². The van der Waals surface area contributed by atoms with Crippen molar-refractivity contribution in [3.8, 4) is 11.3 Å². The van der Waals surface area contributed by atoms with E-state index in [0.29, 0.717) is 22.0 Å². The first-order valence-corrected chi connectivity index (χ1v) is 7.06. The zero-order chi connectivity index (χ0) is 15.6. The lowest BCUT2D eigenvalue weighted by Gasteiger charge is -2.05. The number of methoxy groups -OCH3 is 1. The second-order valence-electron chi connectivity index (χ2n) is 4.52. The van der Waals surface area contributed by atoms with E-state index in [4.69, 9.17) is 20.0 Å². The van der Waals surface area contributed by atoms with Gasteiger partial charge < -0.3 is 20.0 Å². The summed E-state index contributed by atoms with van der Waals surface area (Å²) in [5, 5.41) is 10.6. The lowest BCUT2D eigenvalue weighted by Crippen LogP contribution is -2.14. The molecule has 2 rings (SSSR count). The Hall–Kier alpha value is -2.12. The molecule has 0 radical (unpaired) electrons. The number of thiophene rings is 1. The number of carbonyl (C=O) groups is 2. The van der Waals surface area contributed by atoms with Crippen molar-refractivity contribution < 1.29 is 23.8 Å². The zero-order valence-corrected chi connectivity index (χ0v) is 12.4. The third-order valence-corrected chi connectivity index (χ3v) is 4.06. The number of nitrogens with two attached hydrogens (primary N) is 1. The number of rotatable bonds is 5. The second kappa shape index (κ2) is 6.11. The third kappa shape index (κ3) is 3.14. The Bertz CT molecular complexity index is 673. The molecule has 2 aromatic rings. The molecule has 3 N–H and O–H groups in total. The molecule has 7 heteroatoms. The number of hydrogen-bond acceptors (Lipinski definition) is 6. The average Bonchev–Trinajstić information content (AvgIpc) is 3.03. The van der Waals surface area contributed by atoms with E-state index >= 15 is 0 Å². The van der Waals surface area contributed by atoms with Crippen LogP contribution in [-0.2, 0) is 9.53 Å². The second-order valence-corrected chi connectivity index (χ2v) is 5.40. The monoisotopic (exact) mass is 309 g/mol. The van der Waals surface area contributed by atoms with Crippen LogP contribution in [0.25, 0.3) is 11.3 Å². The maximum atomic E-state index is 11.8. The number of carboxylic acids is 1. The number of aryl methyl sites for hydroxylation is 1. The zero-order valence-electron chi connectivity index (χ0n) is 11.6. The van der Waals surface area contributed by atoms with Crippen molar-refractivity contribution in [1.29, 1.82) is 0 Å². The van der Waals surface area contributed by atoms with Crippen molar-refractivity contribution in [3.63, 3.8) is 0 Å². The molecule has 2 heterocycles. The minimum atomic E-state index is -0.998. The predicted molar refractivity (Wildman–Crippen MR) is 77.3 cm³/mol. The highest BCUT2D eigenvalue weighted by molar-refractivity contribution is 7.12. The van der Waals surface area contributed by atoms with Crippen molar-refractivity contribution in [2.45, 2.75) is 19.4 Å². The predicted octanol–water partition coefficient (Wildman–Crippen LogP) is 2.58. The molecule has 0 aliphatic heterocycles. The van der Waals surface area contributed by atoms with Gasteiger partial charge in [0.25, 0.3) is 0 Å². The first kappa shape index (κ1) is 15.3. The maximum absolute atomic E-state index is 11.8. The van der Waals surface area contributed by atoms with Crippen LogP contribution in [0.2, 0.25) is 0 Å². The Morgan fingerprint density at radius 1 is 1.48 bits per heavy atom. The molecule has 0 spiro atoms. The summed E-state index contributed by atoms with van der Waals surface area (Å²) in [7, 11) is 1.32. The van der Waals surface area contributed by atoms with Crippen LogP contribution >= 0.6 is 11.3 Å². The standard InChI is InChI=1S/C14H15NO5S/c1-7-6-21-13(14(18)19-2)12(7)10-4-3-9(20-10)8(15)5-11(16)17/h3-4,6,8H,5,15H2,1-2H3,(H,16,17). The SMILES string of the molecule is COC(=O)c1scc(C)c1-c1ccc(C(N)CC(=O)O)o1. The van der Waals surface area contributed by atoms with Crippen molar-refractivity contribution >= 4 is 23.3 Å². The van der Waals surface area contributed by atoms with Gasteiger partial charge >= 0.3 is 11.9 Å². The molecule has 0 amide bonds. The van der Waals surface area contributed by atoms with Crippen molar-refractivity contribution in [1.82, 2.24) is 0 Å². The smallest absolute Gasteiger partial charge is 0.348 e. The molecule has 0 saturated carbocycles. The molecule has 0 aliphatic carbocycles. The Kier molecular flexibility index (Phi) is 4.44. The number of hydrogen-bond donors (Lipinski definition) is 2. The molecule has 1 unspecified atom stereocenters. The minimum absolute atomic E-state index is 0.223. The number of esters is 1. The number of furan rings is 1. The van der Waals surface area contributed by atoms with Gasteiger partial charge in [0.2, 0.25) is 0 Å². The molecular weight excluding hydrogens is 294 g/mol. The largest absolute Gasteiger partial charge is 0.481 e. The van der Waals surface area contributed by atoms with Crippen molar-refractivity contribution in [2.75, 3.05) is 7.11 Å². The Morgan fingerprint density at radius 2 is 2.19 bits per heavy atom. The molecule has 112 valence electrons. The Labute approximate surface area is 125 Å². The fourth-order valence-electron chi connectivity index (χ4n) is 1.97. The van der Waals surface area contributed by atoms with Gasteiger partial charge in [-0.2, -0.15) is 0 Å². The molecular formula is C14H15NO5S. The normalized spacial score (nSPS) is 12.1. The van der Waals surface area contributed by atoms with Crippen LogP contribution in [0.1, 0.15) is 33.5 Å². The van der Waals surface area contributed by atoms with E-state index in [1.54, 1.807) is 12.1 Å². The summed E-state index contributed by atoms with van der Waals surface area (Å²) < 4.78 is 10.4. The van der Waals surface area contributed by atoms with E-state index < -0.39 is 18.0 Å². The number of carboxylic acid groups (broad SMARTS) is 1. The van der Waals surface area contributed by atoms with E-state index in [2.05, 4.69) is 0 Å². The minimum Gasteiger partial charge on any atom is -0.481 e. The van der Waals surface area contributed by atoms with E-state index in [-0.39, 0.29) is 6.42 Å². The Morgan fingerprint density at radius 3 is 2.81 bits per heavy atom. The Balaban J connectivity index is 2.36. The molecule has 2 aromatic heterocycles. The van der Waals surface area contributed by atoms with Gasteiger partial charge in [-0.25, -0.2) is 4.79 Å². The number of carbonyl (C=O) groups excluding carboxylic acids is 1. The summed E-state index contributed by atoms with van der Waals surface area (Å²) in [6.07, 6.45) is -0.223. The van der Waals surface area contributed by atoms with Crippen molar-refractivity contribution in [2.24, 2.45) is 5.73 Å². The van der Waals surface area contributed by atoms with Gasteiger partial charge in [0, 0.05) is 5.56 Å². The lowest BCUT2D eigenvalue weighted by atomic mass is 10.1. The molecule has 0 bridgehead atoms. The number of aliphatic carboxylic acids is 1. The van der Waals surface area contributed by atoms with Gasteiger partial charge in [0.05, 0.1) is 19.6 Å². The van der Waals surface area contributed by atoms with Gasteiger partial charge in [0.1, 0.15) is 16.4 Å². The van der Waals surface area contributed by atoms with Gasteiger partial charge in [-0.15, -0.1) is 11.3 Å². The first-order chi connectivity index (χ1) is 9.93. The summed E-state index contributed by atoms with van der Waals surface area (Å²) in [6, 6.07) is 2.58. The summed E-state index contributed by atoms with van der Waals surface area (Å²) in [5.74, 6) is -0.586. The van der Waals surface area contributed by atoms with Crippen LogP contribution in [0.4, 0.5) is 0 Å². The highest BCUT2D eigenvalue weighted by atomic mass is 32.1. The van der Waals surface area contributed by atoms with E-state index in [9.17, 15) is 9.59 Å². The fourth-order valence-corrected chi connectivity index (χ4v) is 2.94. The van der Waals surface area contributed by atoms with E-state index in [1.807, 2.05) is 12.3 Å². The molecule has 0 fully saturated rings. The maximum Gasteiger partial charge on any atom is 0.348 e. The van der Waals surface area contributed by atoms with Crippen LogP contribution in [0.15, 0.2) is 21.9 Å². The van der Waals surface area contributed by atoms with Crippen LogP contribution in [-0.4, -0.2) is 24.2 Å². The lowest BCUT2D eigenvalue weighted by molar-refractivity contribution is -0.137. The molecule has 6 nitrogen and oxygen atoms in total. The molecule has 0 aliphatic rings. The van der Waals surface area contributed by atoms with Gasteiger partial charge in [0.15, 0.2) is 0 Å².